The van der Waals surface area contributed by atoms with Crippen molar-refractivity contribution in [3.05, 3.63) is 256 Å². The van der Waals surface area contributed by atoms with Gasteiger partial charge in [0.15, 0.2) is 0 Å². The van der Waals surface area contributed by atoms with Gasteiger partial charge in [0.1, 0.15) is 58.4 Å². The maximum absolute atomic E-state index is 12.0. The molecule has 10 aromatic heterocycles. The largest absolute Gasteiger partial charge is 0.497 e. The van der Waals surface area contributed by atoms with Crippen molar-refractivity contribution in [1.82, 2.24) is 88.7 Å². The second kappa shape index (κ2) is 43.1. The number of nitrogens with two attached hydrogens (primary N) is 1. The number of ether oxygens (including phenoxy) is 8. The van der Waals surface area contributed by atoms with Crippen LogP contribution in [0.4, 0.5) is 51.4 Å². The van der Waals surface area contributed by atoms with Crippen LogP contribution in [0.2, 0.25) is 0 Å². The van der Waals surface area contributed by atoms with Crippen LogP contribution in [0.1, 0.15) is 31.4 Å². The first kappa shape index (κ1) is 93.9. The van der Waals surface area contributed by atoms with Crippen LogP contribution < -0.4 is 68.0 Å². The summed E-state index contributed by atoms with van der Waals surface area (Å²) in [6.45, 7) is 4.55. The van der Waals surface area contributed by atoms with Crippen LogP contribution in [0, 0.1) is 5.92 Å². The second-order valence-electron chi connectivity index (χ2n) is 31.7. The first-order valence-electron chi connectivity index (χ1n) is 43.7. The van der Waals surface area contributed by atoms with Crippen molar-refractivity contribution >= 4 is 106 Å². The fourth-order valence-corrected chi connectivity index (χ4v) is 15.6. The van der Waals surface area contributed by atoms with Gasteiger partial charge in [0.05, 0.1) is 217 Å². The molecule has 8 aromatic carbocycles. The zero-order chi connectivity index (χ0) is 95.6. The van der Waals surface area contributed by atoms with Gasteiger partial charge in [-0.3, -0.25) is 38.7 Å². The fourth-order valence-electron chi connectivity index (χ4n) is 15.0. The molecular formula is C99H103N23O14S. The fraction of sp³-hybridized carbons (Fsp3) is 0.242. The number of benzene rings is 8. The zero-order valence-corrected chi connectivity index (χ0v) is 78.1. The number of aromatic nitrogens is 17. The summed E-state index contributed by atoms with van der Waals surface area (Å²) in [6.07, 6.45) is 27.2. The quantitative estimate of drug-likeness (QED) is 0.0286. The second-order valence-corrected chi connectivity index (χ2v) is 33.8. The smallest absolute Gasteiger partial charge is 0.216 e. The number of nitrogen functional groups attached to an aromatic ring is 1. The molecule has 0 bridgehead atoms. The third-order valence-corrected chi connectivity index (χ3v) is 23.7. The molecule has 1 aliphatic carbocycles. The van der Waals surface area contributed by atoms with E-state index >= 15 is 0 Å². The summed E-state index contributed by atoms with van der Waals surface area (Å²) in [5, 5.41) is 35.3. The van der Waals surface area contributed by atoms with E-state index in [9.17, 15) is 13.5 Å². The Morgan fingerprint density at radius 2 is 0.803 bits per heavy atom. The SMILES string of the molecule is CCS(=O)(=O)NCCN(c1cc(OC)cc(OC)c1)c1ccc2ncc(-c3cnn(C)c3)nc2c1.COc1cc(OC)cc(N(Cc2ccco2)c2ccc3ncc(-c4cnn(C)c4)nc3c2)c1.COc1cc(OC)cc(N(Cc2ncc(N)o2)c2ccc3ncc(-c4cnn(C)c4)nc3c2)c1.COc1cc(OCCO)cc(N(CC2CC2)c2ccc3ncc(-c4cnn(CCO)c4)nc3c2)c1. The molecule has 18 aromatic rings. The number of rotatable bonds is 35. The topological polar surface area (TPSA) is 413 Å². The Morgan fingerprint density at radius 1 is 0.423 bits per heavy atom. The van der Waals surface area contributed by atoms with Crippen LogP contribution in [0.15, 0.2) is 253 Å². The summed E-state index contributed by atoms with van der Waals surface area (Å²) in [5.41, 5.74) is 25.5. The minimum Gasteiger partial charge on any atom is -0.497 e. The van der Waals surface area contributed by atoms with E-state index in [4.69, 9.17) is 77.5 Å². The highest BCUT2D eigenvalue weighted by Gasteiger charge is 2.28. The summed E-state index contributed by atoms with van der Waals surface area (Å²) in [6, 6.07) is 50.3. The number of aliphatic hydroxyl groups excluding tert-OH is 2. The number of nitrogens with one attached hydrogen (secondary N) is 1. The highest BCUT2D eigenvalue weighted by Crippen LogP contribution is 2.43. The van der Waals surface area contributed by atoms with Gasteiger partial charge < -0.3 is 82.3 Å². The number of anilines is 9. The molecule has 0 spiro atoms. The van der Waals surface area contributed by atoms with Gasteiger partial charge in [-0.15, -0.1) is 0 Å². The van der Waals surface area contributed by atoms with Crippen molar-refractivity contribution < 1.29 is 65.4 Å². The van der Waals surface area contributed by atoms with Gasteiger partial charge >= 0.3 is 0 Å². The Morgan fingerprint density at radius 3 is 1.17 bits per heavy atom. The summed E-state index contributed by atoms with van der Waals surface area (Å²) < 4.78 is 88.8. The lowest BCUT2D eigenvalue weighted by atomic mass is 10.1. The lowest BCUT2D eigenvalue weighted by molar-refractivity contribution is 0.201. The first-order valence-corrected chi connectivity index (χ1v) is 45.4. The molecular weight excluding hydrogens is 1770 g/mol. The number of fused-ring (bicyclic) bond motifs is 4. The van der Waals surface area contributed by atoms with Gasteiger partial charge in [-0.2, -0.15) is 20.4 Å². The molecule has 5 N–H and O–H groups in total. The van der Waals surface area contributed by atoms with Crippen LogP contribution in [0.3, 0.4) is 0 Å². The number of oxazole rings is 1. The molecule has 1 fully saturated rings. The van der Waals surface area contributed by atoms with E-state index in [1.165, 1.54) is 19.0 Å². The number of furan rings is 1. The van der Waals surface area contributed by atoms with Gasteiger partial charge in [0.25, 0.3) is 0 Å². The van der Waals surface area contributed by atoms with E-state index in [1.807, 2.05) is 195 Å². The third-order valence-electron chi connectivity index (χ3n) is 22.3. The summed E-state index contributed by atoms with van der Waals surface area (Å²) in [4.78, 5) is 50.3. The Labute approximate surface area is 789 Å². The van der Waals surface area contributed by atoms with Gasteiger partial charge in [0.2, 0.25) is 21.8 Å². The predicted octanol–water partition coefficient (Wildman–Crippen LogP) is 15.5. The number of hydrogen-bond donors (Lipinski definition) is 4. The Kier molecular flexibility index (Phi) is 29.6. The average Bonchev–Trinajstić information content (AvgIpc) is 1.78. The molecule has 0 atom stereocenters. The number of hydrogen-bond acceptors (Lipinski definition) is 32. The van der Waals surface area contributed by atoms with E-state index in [-0.39, 0.29) is 38.0 Å². The van der Waals surface area contributed by atoms with Crippen LogP contribution in [0.25, 0.3) is 89.2 Å². The molecule has 10 heterocycles. The number of aliphatic hydroxyl groups is 2. The minimum atomic E-state index is -3.33. The highest BCUT2D eigenvalue weighted by atomic mass is 32.2. The molecule has 704 valence electrons. The van der Waals surface area contributed by atoms with Crippen LogP contribution >= 0.6 is 0 Å². The molecule has 0 radical (unpaired) electrons. The van der Waals surface area contributed by atoms with Crippen molar-refractivity contribution in [3.8, 4) is 91.0 Å². The lowest BCUT2D eigenvalue weighted by Gasteiger charge is -2.26. The molecule has 0 saturated heterocycles. The van der Waals surface area contributed by atoms with Gasteiger partial charge in [-0.05, 0) is 111 Å². The van der Waals surface area contributed by atoms with Crippen molar-refractivity contribution in [2.24, 2.45) is 27.1 Å². The molecule has 0 aliphatic heterocycles. The van der Waals surface area contributed by atoms with Crippen molar-refractivity contribution in [2.45, 2.75) is 39.4 Å². The third kappa shape index (κ3) is 23.5. The van der Waals surface area contributed by atoms with E-state index in [1.54, 1.807) is 137 Å². The molecule has 0 unspecified atom stereocenters. The van der Waals surface area contributed by atoms with Crippen molar-refractivity contribution in [3.63, 3.8) is 0 Å². The first-order chi connectivity index (χ1) is 66.6. The van der Waals surface area contributed by atoms with Gasteiger partial charge in [0, 0.05) is 206 Å². The highest BCUT2D eigenvalue weighted by molar-refractivity contribution is 7.89. The average molecular weight is 1870 g/mol. The predicted molar refractivity (Wildman–Crippen MR) is 523 cm³/mol. The monoisotopic (exact) mass is 1870 g/mol. The van der Waals surface area contributed by atoms with E-state index in [0.29, 0.717) is 95.2 Å². The van der Waals surface area contributed by atoms with E-state index < -0.39 is 10.0 Å². The molecule has 1 saturated carbocycles. The molecule has 1 aliphatic rings. The van der Waals surface area contributed by atoms with Crippen molar-refractivity contribution in [2.75, 3.05) is 120 Å². The zero-order valence-electron chi connectivity index (χ0n) is 77.3. The Bertz CT molecular complexity index is 7240. The van der Waals surface area contributed by atoms with Crippen LogP contribution in [0.5, 0.6) is 46.0 Å². The number of sulfonamides is 1. The number of aryl methyl sites for hydroxylation is 3. The molecule has 0 amide bonds. The molecule has 19 rings (SSSR count). The minimum absolute atomic E-state index is 0.0165. The maximum atomic E-state index is 12.0. The molecule has 37 nitrogen and oxygen atoms in total. The van der Waals surface area contributed by atoms with Gasteiger partial charge in [-0.25, -0.2) is 38.1 Å². The van der Waals surface area contributed by atoms with E-state index in [2.05, 4.69) is 72.0 Å². The van der Waals surface area contributed by atoms with Gasteiger partial charge in [-0.1, -0.05) is 0 Å². The normalized spacial score (nSPS) is 11.7. The summed E-state index contributed by atoms with van der Waals surface area (Å²) in [5.74, 6) is 7.51. The summed E-state index contributed by atoms with van der Waals surface area (Å²) >= 11 is 0. The number of nitrogens with zero attached hydrogens (tertiary/aromatic N) is 21. The molecule has 137 heavy (non-hydrogen) atoms. The van der Waals surface area contributed by atoms with Crippen LogP contribution in [-0.2, 0) is 50.8 Å². The number of methoxy groups -OCH3 is 7. The van der Waals surface area contributed by atoms with Crippen molar-refractivity contribution in [1.29, 1.82) is 0 Å². The standard InChI is InChI=1S/C26H29N5O4.C25H23N5O3.C24H23N7O3.C24H28N6O4S/c1-34-22-10-21(11-23(13-22)35-9-8-33)31(16-18-2-3-18)20-4-5-24-25(12-20)29-26(15-27-24)19-14-28-30(17-19)6-7-32;1-29-15-17(13-27-29)25-14-26-23-7-6-18(11-24(23)28-25)30(16-20-5-4-8-33-20)19-9-21(31-2)12-22(10-19)32-3;1-30-13-15(10-28-30)22-11-26-20-5-4-16(8-21(20)29-22)31(14-24-27-12-23(25)34-24)17-6-18(32-2)9-19(7-17)33-3;1-5-35(31,32)27-8-9-30(19-10-20(33-3)13-21(11-19)34-4)18-6-7-22-23(12-18)28-24(15-25-22)17-14-26-29(2)16-17/h4-5,10-15,17-18,32-33H,2-3,6-9,16H2,1H3;4-15H,16H2,1-3H3;4-13H,14,25H2,1-3H3;6-7,10-16,27H,5,8-9H2,1-4H3. The Hall–Kier alpha value is -16.3. The van der Waals surface area contributed by atoms with E-state index in [0.717, 1.165) is 136 Å². The summed E-state index contributed by atoms with van der Waals surface area (Å²) in [7, 11) is 13.6. The van der Waals surface area contributed by atoms with Crippen LogP contribution in [-0.4, -0.2) is 198 Å². The Balaban J connectivity index is 0.000000132. The molecule has 38 heteroatoms. The lowest BCUT2D eigenvalue weighted by Crippen LogP contribution is -2.33. The maximum Gasteiger partial charge on any atom is 0.216 e.